The molecule has 0 amide bonds. The Morgan fingerprint density at radius 3 is 2.22 bits per heavy atom. The molecule has 1 saturated heterocycles. The van der Waals surface area contributed by atoms with E-state index in [2.05, 4.69) is 30.4 Å². The van der Waals surface area contributed by atoms with E-state index < -0.39 is 0 Å². The minimum absolute atomic E-state index is 0.932. The van der Waals surface area contributed by atoms with Gasteiger partial charge in [0, 0.05) is 10.3 Å². The summed E-state index contributed by atoms with van der Waals surface area (Å²) in [5.41, 5.74) is 0. The highest BCUT2D eigenvalue weighted by molar-refractivity contribution is 8.16. The maximum atomic E-state index is 2.31. The first-order valence-corrected chi connectivity index (χ1v) is 5.79. The van der Waals surface area contributed by atoms with Crippen LogP contribution in [0.1, 0.15) is 27.2 Å². The maximum Gasteiger partial charge on any atom is 0.0394 e. The van der Waals surface area contributed by atoms with Crippen molar-refractivity contribution in [2.45, 2.75) is 32.4 Å². The molecular weight excluding hydrogens is 148 g/mol. The quantitative estimate of drug-likeness (QED) is 0.539. The third-order valence-electron chi connectivity index (χ3n) is 1.10. The molecule has 1 aliphatic rings. The van der Waals surface area contributed by atoms with E-state index in [0.717, 1.165) is 5.25 Å². The van der Waals surface area contributed by atoms with Gasteiger partial charge in [-0.05, 0) is 12.2 Å². The highest BCUT2D eigenvalue weighted by Gasteiger charge is 2.06. The molecular formula is C7H16S2. The Morgan fingerprint density at radius 2 is 2.00 bits per heavy atom. The van der Waals surface area contributed by atoms with Crippen LogP contribution >= 0.6 is 23.5 Å². The second-order valence-electron chi connectivity index (χ2n) is 1.79. The van der Waals surface area contributed by atoms with Gasteiger partial charge < -0.3 is 0 Å². The third kappa shape index (κ3) is 5.16. The van der Waals surface area contributed by atoms with Crippen LogP contribution in [0.15, 0.2) is 0 Å². The fourth-order valence-electron chi connectivity index (χ4n) is 0.556. The normalized spacial score (nSPS) is 26.3. The van der Waals surface area contributed by atoms with Gasteiger partial charge in [0.15, 0.2) is 0 Å². The van der Waals surface area contributed by atoms with Crippen LogP contribution in [0.2, 0.25) is 0 Å². The standard InChI is InChI=1S/C5H10S2.C2H6/c1-5-2-3-6-4-7-5;1-2/h5H,2-4H2,1H3;1-2H3. The second-order valence-corrected chi connectivity index (χ2v) is 4.69. The lowest BCUT2D eigenvalue weighted by Crippen LogP contribution is -2.03. The van der Waals surface area contributed by atoms with Crippen LogP contribution in [-0.2, 0) is 0 Å². The molecule has 0 nitrogen and oxygen atoms in total. The molecule has 56 valence electrons. The molecule has 0 bridgehead atoms. The smallest absolute Gasteiger partial charge is 0.0394 e. The lowest BCUT2D eigenvalue weighted by atomic mass is 10.4. The predicted octanol–water partition coefficient (Wildman–Crippen LogP) is 3.23. The summed E-state index contributed by atoms with van der Waals surface area (Å²) in [5.74, 6) is 1.38. The van der Waals surface area contributed by atoms with Crippen molar-refractivity contribution in [3.05, 3.63) is 0 Å². The molecule has 0 aromatic carbocycles. The van der Waals surface area contributed by atoms with E-state index in [1.54, 1.807) is 0 Å². The second kappa shape index (κ2) is 6.81. The van der Waals surface area contributed by atoms with Gasteiger partial charge in [-0.15, -0.1) is 11.8 Å². The summed E-state index contributed by atoms with van der Waals surface area (Å²) in [6.07, 6.45) is 1.41. The predicted molar refractivity (Wildman–Crippen MR) is 50.3 cm³/mol. The zero-order valence-electron chi connectivity index (χ0n) is 6.52. The van der Waals surface area contributed by atoms with Gasteiger partial charge in [-0.3, -0.25) is 0 Å². The minimum Gasteiger partial charge on any atom is -0.151 e. The van der Waals surface area contributed by atoms with Gasteiger partial charge in [0.25, 0.3) is 0 Å². The molecule has 0 aromatic rings. The lowest BCUT2D eigenvalue weighted by molar-refractivity contribution is 0.914. The number of thioether (sulfide) groups is 2. The van der Waals surface area contributed by atoms with Gasteiger partial charge in [0.1, 0.15) is 0 Å². The maximum absolute atomic E-state index is 2.31. The highest BCUT2D eigenvalue weighted by atomic mass is 32.2. The average Bonchev–Trinajstić information content (AvgIpc) is 1.94. The van der Waals surface area contributed by atoms with Crippen LogP contribution in [0, 0.1) is 0 Å². The Hall–Kier alpha value is 0.700. The highest BCUT2D eigenvalue weighted by Crippen LogP contribution is 2.26. The average molecular weight is 164 g/mol. The molecule has 0 saturated carbocycles. The molecule has 0 spiro atoms. The van der Waals surface area contributed by atoms with Crippen LogP contribution < -0.4 is 0 Å². The van der Waals surface area contributed by atoms with Gasteiger partial charge in [0.2, 0.25) is 0 Å². The molecule has 0 aromatic heterocycles. The molecule has 1 aliphatic heterocycles. The Morgan fingerprint density at radius 1 is 1.33 bits per heavy atom. The van der Waals surface area contributed by atoms with Crippen molar-refractivity contribution in [3.63, 3.8) is 0 Å². The van der Waals surface area contributed by atoms with Crippen molar-refractivity contribution < 1.29 is 0 Å². The fourth-order valence-corrected chi connectivity index (χ4v) is 3.30. The van der Waals surface area contributed by atoms with Crippen LogP contribution in [0.25, 0.3) is 0 Å². The number of hydrogen-bond acceptors (Lipinski definition) is 2. The van der Waals surface area contributed by atoms with Crippen molar-refractivity contribution in [2.24, 2.45) is 0 Å². The minimum atomic E-state index is 0.932. The van der Waals surface area contributed by atoms with E-state index in [1.807, 2.05) is 13.8 Å². The van der Waals surface area contributed by atoms with E-state index in [1.165, 1.54) is 17.3 Å². The van der Waals surface area contributed by atoms with E-state index in [-0.39, 0.29) is 0 Å². The summed E-state index contributed by atoms with van der Waals surface area (Å²) < 4.78 is 0. The third-order valence-corrected chi connectivity index (χ3v) is 3.64. The van der Waals surface area contributed by atoms with Gasteiger partial charge in [-0.1, -0.05) is 20.8 Å². The topological polar surface area (TPSA) is 0 Å². The molecule has 1 fully saturated rings. The number of rotatable bonds is 0. The van der Waals surface area contributed by atoms with Crippen LogP contribution in [0.3, 0.4) is 0 Å². The van der Waals surface area contributed by atoms with Gasteiger partial charge in [-0.2, -0.15) is 11.8 Å². The monoisotopic (exact) mass is 164 g/mol. The van der Waals surface area contributed by atoms with Crippen LogP contribution in [-0.4, -0.2) is 16.1 Å². The Balaban J connectivity index is 0.000000291. The van der Waals surface area contributed by atoms with Crippen LogP contribution in [0.5, 0.6) is 0 Å². The summed E-state index contributed by atoms with van der Waals surface area (Å²) in [5, 5.41) is 2.25. The zero-order valence-corrected chi connectivity index (χ0v) is 8.15. The van der Waals surface area contributed by atoms with E-state index in [4.69, 9.17) is 0 Å². The molecule has 0 radical (unpaired) electrons. The van der Waals surface area contributed by atoms with E-state index in [9.17, 15) is 0 Å². The van der Waals surface area contributed by atoms with E-state index in [0.29, 0.717) is 0 Å². The first kappa shape index (κ1) is 9.70. The summed E-state index contributed by atoms with van der Waals surface area (Å²) in [7, 11) is 0. The Labute approximate surface area is 67.2 Å². The van der Waals surface area contributed by atoms with Gasteiger partial charge in [0.05, 0.1) is 0 Å². The van der Waals surface area contributed by atoms with Gasteiger partial charge in [-0.25, -0.2) is 0 Å². The molecule has 0 aliphatic carbocycles. The van der Waals surface area contributed by atoms with Crippen molar-refractivity contribution in [3.8, 4) is 0 Å². The summed E-state index contributed by atoms with van der Waals surface area (Å²) in [6, 6.07) is 0. The fraction of sp³-hybridized carbons (Fsp3) is 1.00. The van der Waals surface area contributed by atoms with Crippen molar-refractivity contribution >= 4 is 23.5 Å². The summed E-state index contributed by atoms with van der Waals surface area (Å²) in [4.78, 5) is 0. The van der Waals surface area contributed by atoms with Crippen LogP contribution in [0.4, 0.5) is 0 Å². The van der Waals surface area contributed by atoms with Gasteiger partial charge >= 0.3 is 0 Å². The molecule has 2 heteroatoms. The van der Waals surface area contributed by atoms with Crippen molar-refractivity contribution in [1.29, 1.82) is 0 Å². The first-order valence-electron chi connectivity index (χ1n) is 3.59. The molecule has 1 unspecified atom stereocenters. The lowest BCUT2D eigenvalue weighted by Gasteiger charge is -2.15. The number of hydrogen-bond donors (Lipinski definition) is 0. The molecule has 9 heavy (non-hydrogen) atoms. The molecule has 0 N–H and O–H groups in total. The first-order chi connectivity index (χ1) is 4.39. The van der Waals surface area contributed by atoms with Crippen molar-refractivity contribution in [1.82, 2.24) is 0 Å². The zero-order chi connectivity index (χ0) is 7.11. The molecule has 1 atom stereocenters. The largest absolute Gasteiger partial charge is 0.151 e. The van der Waals surface area contributed by atoms with E-state index >= 15 is 0 Å². The summed E-state index contributed by atoms with van der Waals surface area (Å²) in [6.45, 7) is 6.31. The Kier molecular flexibility index (Phi) is 7.34. The summed E-state index contributed by atoms with van der Waals surface area (Å²) >= 11 is 4.14. The Bertz CT molecular complexity index is 48.9. The SMILES string of the molecule is CC.CC1CCSCS1. The molecule has 1 heterocycles. The molecule has 1 rings (SSSR count). The van der Waals surface area contributed by atoms with Crippen molar-refractivity contribution in [2.75, 3.05) is 10.8 Å².